The van der Waals surface area contributed by atoms with Crippen LogP contribution in [0, 0.1) is 46.3 Å². The number of hydrogen-bond acceptors (Lipinski definition) is 8. The van der Waals surface area contributed by atoms with Gasteiger partial charge in [-0.05, 0) is 74.9 Å². The summed E-state index contributed by atoms with van der Waals surface area (Å²) >= 11 is 0. The molecule has 4 aliphatic carbocycles. The molecule has 6 rings (SSSR count). The Hall–Kier alpha value is -1.32. The lowest BCUT2D eigenvalue weighted by Gasteiger charge is -2.58. The lowest BCUT2D eigenvalue weighted by Crippen LogP contribution is -2.64. The predicted octanol–water partition coefficient (Wildman–Crippen LogP) is 1.37. The van der Waals surface area contributed by atoms with Gasteiger partial charge in [0, 0.05) is 11.8 Å². The van der Waals surface area contributed by atoms with Crippen molar-refractivity contribution < 1.29 is 39.5 Å². The molecule has 6 aliphatic rings. The van der Waals surface area contributed by atoms with E-state index >= 15 is 0 Å². The number of fused-ring (bicyclic) bond motifs is 4. The predicted molar refractivity (Wildman–Crippen MR) is 127 cm³/mol. The molecule has 0 radical (unpaired) electrons. The Morgan fingerprint density at radius 3 is 2.47 bits per heavy atom. The van der Waals surface area contributed by atoms with Gasteiger partial charge in [-0.2, -0.15) is 0 Å². The molecule has 2 saturated heterocycles. The fourth-order valence-electron chi connectivity index (χ4n) is 9.98. The molecule has 0 bridgehead atoms. The second-order valence-electron chi connectivity index (χ2n) is 13.4. The summed E-state index contributed by atoms with van der Waals surface area (Å²) in [4.78, 5) is 25.5. The molecule has 2 heterocycles. The van der Waals surface area contributed by atoms with Crippen LogP contribution in [-0.4, -0.2) is 73.9 Å². The molecule has 0 aromatic rings. The van der Waals surface area contributed by atoms with Gasteiger partial charge in [-0.1, -0.05) is 20.8 Å². The number of epoxide rings is 1. The first-order valence-corrected chi connectivity index (χ1v) is 13.6. The molecule has 4 N–H and O–H groups in total. The molecule has 0 unspecified atom stereocenters. The highest BCUT2D eigenvalue weighted by Gasteiger charge is 2.80. The molecular formula is C28H40O8. The van der Waals surface area contributed by atoms with Gasteiger partial charge in [0.05, 0.1) is 29.1 Å². The summed E-state index contributed by atoms with van der Waals surface area (Å²) in [5.74, 6) is -1.52. The molecule has 3 saturated carbocycles. The van der Waals surface area contributed by atoms with Crippen LogP contribution in [0.1, 0.15) is 60.3 Å². The highest BCUT2D eigenvalue weighted by molar-refractivity contribution is 5.98. The molecule has 2 aliphatic heterocycles. The molecule has 0 aromatic carbocycles. The van der Waals surface area contributed by atoms with Crippen molar-refractivity contribution in [2.45, 2.75) is 102 Å². The Bertz CT molecular complexity index is 1020. The average Bonchev–Trinajstić information content (AvgIpc) is 3.41. The van der Waals surface area contributed by atoms with Gasteiger partial charge in [0.25, 0.3) is 0 Å². The summed E-state index contributed by atoms with van der Waals surface area (Å²) in [6.07, 6.45) is 1.57. The Kier molecular flexibility index (Phi) is 5.14. The van der Waals surface area contributed by atoms with Crippen LogP contribution < -0.4 is 0 Å². The molecule has 36 heavy (non-hydrogen) atoms. The maximum atomic E-state index is 13.3. The van der Waals surface area contributed by atoms with E-state index in [1.54, 1.807) is 19.9 Å². The summed E-state index contributed by atoms with van der Waals surface area (Å²) in [5.41, 5.74) is -3.85. The zero-order valence-electron chi connectivity index (χ0n) is 21.8. The van der Waals surface area contributed by atoms with E-state index in [-0.39, 0.29) is 47.4 Å². The van der Waals surface area contributed by atoms with E-state index in [4.69, 9.17) is 9.47 Å². The Labute approximate surface area is 212 Å². The van der Waals surface area contributed by atoms with Crippen LogP contribution >= 0.6 is 0 Å². The van der Waals surface area contributed by atoms with Crippen LogP contribution in [0.25, 0.3) is 0 Å². The number of ether oxygens (including phenoxy) is 2. The van der Waals surface area contributed by atoms with Crippen LogP contribution in [0.3, 0.4) is 0 Å². The van der Waals surface area contributed by atoms with Gasteiger partial charge in [0.1, 0.15) is 23.9 Å². The maximum absolute atomic E-state index is 13.3. The van der Waals surface area contributed by atoms with Crippen molar-refractivity contribution in [1.29, 1.82) is 0 Å². The monoisotopic (exact) mass is 504 g/mol. The van der Waals surface area contributed by atoms with Crippen LogP contribution in [0.4, 0.5) is 0 Å². The lowest BCUT2D eigenvalue weighted by atomic mass is 9.44. The number of ketones is 1. The number of carbonyl (C=O) groups excluding carboxylic acids is 2. The zero-order chi connectivity index (χ0) is 26.2. The number of aliphatic hydroxyl groups is 4. The van der Waals surface area contributed by atoms with E-state index in [9.17, 15) is 30.0 Å². The highest BCUT2D eigenvalue weighted by Crippen LogP contribution is 2.73. The molecule has 1 spiro atoms. The SMILES string of the molecule is C[C@H]1[C@H]([C@@H](O)[C@](C)(O)[C@H]2[C@@H](O)C[C@H]3[C@@H]4C[C@H]5O[C@]56[C@@H](O)C=CC(=O)[C@]6(C)[C@H]4CC[C@]23C)OC(=O)[C@@H]1C. The Balaban J connectivity index is 1.32. The second kappa shape index (κ2) is 7.41. The molecular weight excluding hydrogens is 464 g/mol. The molecule has 0 amide bonds. The largest absolute Gasteiger partial charge is 0.459 e. The fraction of sp³-hybridized carbons (Fsp3) is 0.857. The number of hydrogen-bond donors (Lipinski definition) is 4. The van der Waals surface area contributed by atoms with Crippen LogP contribution in [-0.2, 0) is 19.1 Å². The van der Waals surface area contributed by atoms with Crippen molar-refractivity contribution in [2.75, 3.05) is 0 Å². The zero-order valence-corrected chi connectivity index (χ0v) is 21.8. The molecule has 200 valence electrons. The van der Waals surface area contributed by atoms with Crippen molar-refractivity contribution in [3.05, 3.63) is 12.2 Å². The number of carbonyl (C=O) groups is 2. The van der Waals surface area contributed by atoms with Crippen molar-refractivity contribution >= 4 is 11.8 Å². The third-order valence-electron chi connectivity index (χ3n) is 12.1. The molecule has 8 heteroatoms. The van der Waals surface area contributed by atoms with Crippen LogP contribution in [0.15, 0.2) is 12.2 Å². The quantitative estimate of drug-likeness (QED) is 0.334. The van der Waals surface area contributed by atoms with Crippen LogP contribution in [0.5, 0.6) is 0 Å². The first-order chi connectivity index (χ1) is 16.7. The van der Waals surface area contributed by atoms with Gasteiger partial charge >= 0.3 is 5.97 Å². The van der Waals surface area contributed by atoms with E-state index < -0.39 is 52.4 Å². The normalized spacial score (nSPS) is 57.7. The van der Waals surface area contributed by atoms with E-state index in [0.717, 1.165) is 0 Å². The van der Waals surface area contributed by atoms with E-state index in [0.29, 0.717) is 25.7 Å². The molecule has 15 atom stereocenters. The van der Waals surface area contributed by atoms with Crippen molar-refractivity contribution in [2.24, 2.45) is 46.3 Å². The van der Waals surface area contributed by atoms with Gasteiger partial charge in [-0.3, -0.25) is 9.59 Å². The first-order valence-electron chi connectivity index (χ1n) is 13.6. The van der Waals surface area contributed by atoms with Crippen LogP contribution in [0.2, 0.25) is 0 Å². The van der Waals surface area contributed by atoms with Gasteiger partial charge in [0.15, 0.2) is 5.78 Å². The maximum Gasteiger partial charge on any atom is 0.309 e. The van der Waals surface area contributed by atoms with E-state index in [1.165, 1.54) is 6.08 Å². The van der Waals surface area contributed by atoms with Crippen molar-refractivity contribution in [3.8, 4) is 0 Å². The van der Waals surface area contributed by atoms with Crippen molar-refractivity contribution in [1.82, 2.24) is 0 Å². The number of aliphatic hydroxyl groups excluding tert-OH is 3. The van der Waals surface area contributed by atoms with Gasteiger partial charge in [-0.25, -0.2) is 0 Å². The summed E-state index contributed by atoms with van der Waals surface area (Å²) in [5, 5.41) is 45.5. The summed E-state index contributed by atoms with van der Waals surface area (Å²) < 4.78 is 11.6. The Morgan fingerprint density at radius 2 is 1.83 bits per heavy atom. The van der Waals surface area contributed by atoms with Gasteiger partial charge in [0.2, 0.25) is 0 Å². The third kappa shape index (κ3) is 2.73. The second-order valence-corrected chi connectivity index (χ2v) is 13.4. The lowest BCUT2D eigenvalue weighted by molar-refractivity contribution is -0.199. The van der Waals surface area contributed by atoms with E-state index in [1.807, 2.05) is 13.8 Å². The number of rotatable bonds is 3. The summed E-state index contributed by atoms with van der Waals surface area (Å²) in [7, 11) is 0. The summed E-state index contributed by atoms with van der Waals surface area (Å²) in [6.45, 7) is 9.21. The number of cyclic esters (lactones) is 1. The first kappa shape index (κ1) is 25.0. The minimum absolute atomic E-state index is 0.00101. The minimum atomic E-state index is -1.68. The number of esters is 1. The topological polar surface area (TPSA) is 137 Å². The molecule has 5 fully saturated rings. The van der Waals surface area contributed by atoms with Gasteiger partial charge < -0.3 is 29.9 Å². The van der Waals surface area contributed by atoms with Crippen molar-refractivity contribution in [3.63, 3.8) is 0 Å². The highest BCUT2D eigenvalue weighted by atomic mass is 16.6. The number of allylic oxidation sites excluding steroid dienone is 1. The third-order valence-corrected chi connectivity index (χ3v) is 12.1. The van der Waals surface area contributed by atoms with Gasteiger partial charge in [-0.15, -0.1) is 0 Å². The standard InChI is InChI=1S/C28H40O8/c1-12-13(2)24(33)35-21(12)23(32)27(5,34)22-17(29)11-16-14-10-20-28(36-20)19(31)7-6-18(30)26(28,4)15(14)8-9-25(16,22)3/h6-7,12-17,19-23,29,31-32,34H,8-11H2,1-5H3/t12-,13-,14-,15+,16+,17+,19+,20-,21-,22+,23-,25+,26+,27-,28-/m1/s1. The molecule has 0 aromatic heterocycles. The van der Waals surface area contributed by atoms with E-state index in [2.05, 4.69) is 6.92 Å². The smallest absolute Gasteiger partial charge is 0.309 e. The molecule has 8 nitrogen and oxygen atoms in total. The minimum Gasteiger partial charge on any atom is -0.459 e. The fourth-order valence-corrected chi connectivity index (χ4v) is 9.98. The average molecular weight is 505 g/mol. The Morgan fingerprint density at radius 1 is 1.14 bits per heavy atom. The summed E-state index contributed by atoms with van der Waals surface area (Å²) in [6, 6.07) is 0.